The van der Waals surface area contributed by atoms with E-state index in [1.165, 1.54) is 6.39 Å². The van der Waals surface area contributed by atoms with Gasteiger partial charge in [-0.05, 0) is 12.8 Å². The SMILES string of the molecule is O=C(O)c1ncoc1C1CC1. The normalized spacial score (nSPS) is 16.7. The van der Waals surface area contributed by atoms with E-state index in [1.807, 2.05) is 0 Å². The Bertz CT molecular complexity index is 288. The molecule has 2 rings (SSSR count). The molecule has 4 heteroatoms. The van der Waals surface area contributed by atoms with Crippen molar-refractivity contribution in [1.82, 2.24) is 4.98 Å². The summed E-state index contributed by atoms with van der Waals surface area (Å²) in [5.74, 6) is -0.151. The lowest BCUT2D eigenvalue weighted by molar-refractivity contribution is 0.0688. The fraction of sp³-hybridized carbons (Fsp3) is 0.429. The molecule has 0 aromatic carbocycles. The minimum atomic E-state index is -0.999. The van der Waals surface area contributed by atoms with Gasteiger partial charge in [0, 0.05) is 5.92 Å². The maximum Gasteiger partial charge on any atom is 0.358 e. The maximum absolute atomic E-state index is 10.5. The minimum absolute atomic E-state index is 0.0764. The fourth-order valence-corrected chi connectivity index (χ4v) is 1.05. The van der Waals surface area contributed by atoms with Crippen LogP contribution in [0.2, 0.25) is 0 Å². The molecule has 58 valence electrons. The second-order valence-corrected chi connectivity index (χ2v) is 2.64. The van der Waals surface area contributed by atoms with Gasteiger partial charge < -0.3 is 9.52 Å². The molecule has 0 amide bonds. The van der Waals surface area contributed by atoms with Crippen molar-refractivity contribution >= 4 is 5.97 Å². The summed E-state index contributed by atoms with van der Waals surface area (Å²) in [7, 11) is 0. The van der Waals surface area contributed by atoms with Gasteiger partial charge in [-0.15, -0.1) is 0 Å². The molecule has 4 nitrogen and oxygen atoms in total. The second-order valence-electron chi connectivity index (χ2n) is 2.64. The number of carboxylic acids is 1. The second kappa shape index (κ2) is 2.08. The van der Waals surface area contributed by atoms with Crippen LogP contribution in [-0.4, -0.2) is 16.1 Å². The zero-order valence-corrected chi connectivity index (χ0v) is 5.78. The van der Waals surface area contributed by atoms with E-state index in [9.17, 15) is 4.79 Å². The molecule has 1 fully saturated rings. The first-order valence-electron chi connectivity index (χ1n) is 3.45. The molecule has 0 radical (unpaired) electrons. The van der Waals surface area contributed by atoms with Gasteiger partial charge in [0.2, 0.25) is 0 Å². The molecule has 1 aromatic heterocycles. The van der Waals surface area contributed by atoms with Gasteiger partial charge in [0.25, 0.3) is 0 Å². The van der Waals surface area contributed by atoms with Crippen molar-refractivity contribution in [2.45, 2.75) is 18.8 Å². The van der Waals surface area contributed by atoms with E-state index < -0.39 is 5.97 Å². The van der Waals surface area contributed by atoms with Gasteiger partial charge >= 0.3 is 5.97 Å². The quantitative estimate of drug-likeness (QED) is 0.694. The molecule has 11 heavy (non-hydrogen) atoms. The Kier molecular flexibility index (Phi) is 1.21. The van der Waals surface area contributed by atoms with Crippen LogP contribution in [0.5, 0.6) is 0 Å². The van der Waals surface area contributed by atoms with Crippen LogP contribution in [0.4, 0.5) is 0 Å². The van der Waals surface area contributed by atoms with Gasteiger partial charge in [0.15, 0.2) is 12.1 Å². The van der Waals surface area contributed by atoms with Gasteiger partial charge in [0.1, 0.15) is 5.76 Å². The van der Waals surface area contributed by atoms with Crippen molar-refractivity contribution in [3.05, 3.63) is 17.8 Å². The van der Waals surface area contributed by atoms with Gasteiger partial charge in [0.05, 0.1) is 0 Å². The highest BCUT2D eigenvalue weighted by Crippen LogP contribution is 2.41. The fourth-order valence-electron chi connectivity index (χ4n) is 1.05. The van der Waals surface area contributed by atoms with Crippen LogP contribution < -0.4 is 0 Å². The minimum Gasteiger partial charge on any atom is -0.476 e. The molecule has 0 bridgehead atoms. The lowest BCUT2D eigenvalue weighted by atomic mass is 10.2. The van der Waals surface area contributed by atoms with Crippen molar-refractivity contribution < 1.29 is 14.3 Å². The Balaban J connectivity index is 2.37. The summed E-state index contributed by atoms with van der Waals surface area (Å²) in [4.78, 5) is 14.1. The highest BCUT2D eigenvalue weighted by atomic mass is 16.4. The van der Waals surface area contributed by atoms with E-state index in [1.54, 1.807) is 0 Å². The van der Waals surface area contributed by atoms with Gasteiger partial charge in [-0.25, -0.2) is 9.78 Å². The molecule has 0 spiro atoms. The highest BCUT2D eigenvalue weighted by molar-refractivity contribution is 5.86. The predicted octanol–water partition coefficient (Wildman–Crippen LogP) is 1.25. The number of aromatic nitrogens is 1. The van der Waals surface area contributed by atoms with E-state index in [4.69, 9.17) is 9.52 Å². The number of nitrogens with zero attached hydrogens (tertiary/aromatic N) is 1. The standard InChI is InChI=1S/C7H7NO3/c9-7(10)5-6(4-1-2-4)11-3-8-5/h3-4H,1-2H2,(H,9,10). The smallest absolute Gasteiger partial charge is 0.358 e. The molecule has 1 aromatic rings. The van der Waals surface area contributed by atoms with Crippen molar-refractivity contribution in [2.75, 3.05) is 0 Å². The van der Waals surface area contributed by atoms with Crippen molar-refractivity contribution in [3.8, 4) is 0 Å². The van der Waals surface area contributed by atoms with Crippen LogP contribution in [-0.2, 0) is 0 Å². The first-order chi connectivity index (χ1) is 5.29. The Morgan fingerprint density at radius 3 is 3.00 bits per heavy atom. The third kappa shape index (κ3) is 1.00. The molecule has 1 aliphatic rings. The zero-order valence-electron chi connectivity index (χ0n) is 5.78. The Morgan fingerprint density at radius 2 is 2.45 bits per heavy atom. The molecule has 1 N–H and O–H groups in total. The first kappa shape index (κ1) is 6.39. The van der Waals surface area contributed by atoms with E-state index in [0.717, 1.165) is 12.8 Å². The summed E-state index contributed by atoms with van der Waals surface area (Å²) in [6, 6.07) is 0. The van der Waals surface area contributed by atoms with Gasteiger partial charge in [-0.2, -0.15) is 0 Å². The number of hydrogen-bond donors (Lipinski definition) is 1. The summed E-state index contributed by atoms with van der Waals surface area (Å²) in [5, 5.41) is 8.61. The summed E-state index contributed by atoms with van der Waals surface area (Å²) in [6.45, 7) is 0. The topological polar surface area (TPSA) is 63.3 Å². The van der Waals surface area contributed by atoms with E-state index in [-0.39, 0.29) is 5.69 Å². The average Bonchev–Trinajstić information content (AvgIpc) is 2.68. The molecule has 1 heterocycles. The van der Waals surface area contributed by atoms with Gasteiger partial charge in [-0.1, -0.05) is 0 Å². The molecule has 0 atom stereocenters. The molecular formula is C7H7NO3. The maximum atomic E-state index is 10.5. The zero-order chi connectivity index (χ0) is 7.84. The summed E-state index contributed by atoms with van der Waals surface area (Å²) in [5.41, 5.74) is 0.0764. The van der Waals surface area contributed by atoms with Crippen LogP contribution in [0.25, 0.3) is 0 Å². The molecular weight excluding hydrogens is 146 g/mol. The van der Waals surface area contributed by atoms with Crippen molar-refractivity contribution in [3.63, 3.8) is 0 Å². The molecule has 0 saturated heterocycles. The number of rotatable bonds is 2. The first-order valence-corrected chi connectivity index (χ1v) is 3.45. The van der Waals surface area contributed by atoms with E-state index >= 15 is 0 Å². The van der Waals surface area contributed by atoms with Crippen molar-refractivity contribution in [1.29, 1.82) is 0 Å². The van der Waals surface area contributed by atoms with Crippen LogP contribution >= 0.6 is 0 Å². The van der Waals surface area contributed by atoms with Crippen molar-refractivity contribution in [2.24, 2.45) is 0 Å². The monoisotopic (exact) mass is 153 g/mol. The van der Waals surface area contributed by atoms with Crippen LogP contribution in [0.15, 0.2) is 10.8 Å². The molecule has 1 saturated carbocycles. The average molecular weight is 153 g/mol. The summed E-state index contributed by atoms with van der Waals surface area (Å²) in [6.07, 6.45) is 3.24. The molecule has 1 aliphatic carbocycles. The number of carbonyl (C=O) groups is 1. The van der Waals surface area contributed by atoms with Gasteiger partial charge in [-0.3, -0.25) is 0 Å². The highest BCUT2D eigenvalue weighted by Gasteiger charge is 2.32. The lowest BCUT2D eigenvalue weighted by Gasteiger charge is -1.90. The molecule has 0 aliphatic heterocycles. The Labute approximate surface area is 62.9 Å². The Hall–Kier alpha value is -1.32. The van der Waals surface area contributed by atoms with Crippen LogP contribution in [0.3, 0.4) is 0 Å². The molecule has 0 unspecified atom stereocenters. The number of aromatic carboxylic acids is 1. The Morgan fingerprint density at radius 1 is 1.73 bits per heavy atom. The van der Waals surface area contributed by atoms with Crippen LogP contribution in [0.1, 0.15) is 35.0 Å². The summed E-state index contributed by atoms with van der Waals surface area (Å²) < 4.78 is 4.96. The number of carboxylic acid groups (broad SMARTS) is 1. The third-order valence-electron chi connectivity index (χ3n) is 1.75. The van der Waals surface area contributed by atoms with E-state index in [2.05, 4.69) is 4.98 Å². The summed E-state index contributed by atoms with van der Waals surface area (Å²) >= 11 is 0. The van der Waals surface area contributed by atoms with Crippen LogP contribution in [0, 0.1) is 0 Å². The predicted molar refractivity (Wildman–Crippen MR) is 35.4 cm³/mol. The number of oxazole rings is 1. The lowest BCUT2D eigenvalue weighted by Crippen LogP contribution is -1.99. The van der Waals surface area contributed by atoms with E-state index in [0.29, 0.717) is 11.7 Å². The number of hydrogen-bond acceptors (Lipinski definition) is 3. The largest absolute Gasteiger partial charge is 0.476 e. The third-order valence-corrected chi connectivity index (χ3v) is 1.75.